The number of fused-ring (bicyclic) bond motifs is 1. The van der Waals surface area contributed by atoms with E-state index >= 15 is 0 Å². The number of carboxylic acid groups (broad SMARTS) is 1. The molecule has 1 aromatic carbocycles. The van der Waals surface area contributed by atoms with Crippen LogP contribution in [0.25, 0.3) is 21.3 Å². The van der Waals surface area contributed by atoms with Gasteiger partial charge in [-0.2, -0.15) is 0 Å². The van der Waals surface area contributed by atoms with Crippen molar-refractivity contribution in [2.45, 2.75) is 46.1 Å². The van der Waals surface area contributed by atoms with Gasteiger partial charge >= 0.3 is 5.97 Å². The molecule has 30 heavy (non-hydrogen) atoms. The largest absolute Gasteiger partial charge is 0.480 e. The van der Waals surface area contributed by atoms with Gasteiger partial charge in [0.05, 0.1) is 5.39 Å². The Morgan fingerprint density at radius 3 is 2.57 bits per heavy atom. The lowest BCUT2D eigenvalue weighted by Gasteiger charge is -2.14. The molecule has 1 unspecified atom stereocenters. The maximum Gasteiger partial charge on any atom is 0.326 e. The van der Waals surface area contributed by atoms with Gasteiger partial charge in [0, 0.05) is 23.4 Å². The van der Waals surface area contributed by atoms with E-state index in [-0.39, 0.29) is 12.3 Å². The number of carboxylic acids is 1. The number of amides is 1. The topological polar surface area (TPSA) is 104 Å². The van der Waals surface area contributed by atoms with Crippen molar-refractivity contribution in [1.82, 2.24) is 15.3 Å². The Bertz CT molecular complexity index is 1050. The molecule has 0 saturated heterocycles. The Morgan fingerprint density at radius 2 is 1.90 bits per heavy atom. The lowest BCUT2D eigenvalue weighted by atomic mass is 10.0. The van der Waals surface area contributed by atoms with Gasteiger partial charge in [0.1, 0.15) is 23.0 Å². The van der Waals surface area contributed by atoms with E-state index in [2.05, 4.69) is 58.7 Å². The third-order valence-electron chi connectivity index (χ3n) is 4.86. The van der Waals surface area contributed by atoms with Crippen molar-refractivity contribution in [3.05, 3.63) is 41.0 Å². The van der Waals surface area contributed by atoms with Crippen LogP contribution in [0.1, 0.15) is 36.6 Å². The molecule has 1 atom stereocenters. The number of hydrogen-bond acceptors (Lipinski definition) is 6. The number of nitrogens with one attached hydrogen (secondary N) is 2. The molecule has 0 aliphatic heterocycles. The molecule has 3 N–H and O–H groups in total. The van der Waals surface area contributed by atoms with Crippen LogP contribution in [0, 0.1) is 13.8 Å². The summed E-state index contributed by atoms with van der Waals surface area (Å²) in [6.07, 6.45) is 2.77. The van der Waals surface area contributed by atoms with Crippen molar-refractivity contribution in [3.63, 3.8) is 0 Å². The van der Waals surface area contributed by atoms with Gasteiger partial charge in [-0.05, 0) is 25.8 Å². The van der Waals surface area contributed by atoms with Gasteiger partial charge in [-0.15, -0.1) is 11.3 Å². The first-order chi connectivity index (χ1) is 14.4. The van der Waals surface area contributed by atoms with Crippen LogP contribution in [-0.4, -0.2) is 39.5 Å². The van der Waals surface area contributed by atoms with Crippen LogP contribution < -0.4 is 10.6 Å². The Morgan fingerprint density at radius 1 is 1.17 bits per heavy atom. The second-order valence-corrected chi connectivity index (χ2v) is 8.43. The van der Waals surface area contributed by atoms with Gasteiger partial charge in [0.2, 0.25) is 5.91 Å². The highest BCUT2D eigenvalue weighted by Crippen LogP contribution is 2.40. The minimum absolute atomic E-state index is 0.155. The lowest BCUT2D eigenvalue weighted by Crippen LogP contribution is -2.41. The molecule has 8 heteroatoms. The first-order valence-corrected chi connectivity index (χ1v) is 10.8. The second-order valence-electron chi connectivity index (χ2n) is 7.23. The average Bonchev–Trinajstić information content (AvgIpc) is 3.05. The van der Waals surface area contributed by atoms with Crippen molar-refractivity contribution in [2.24, 2.45) is 0 Å². The number of thiophene rings is 1. The number of rotatable bonds is 9. The molecular formula is C22H26N4O3S. The number of hydrogen-bond donors (Lipinski definition) is 3. The van der Waals surface area contributed by atoms with E-state index in [1.807, 2.05) is 6.92 Å². The summed E-state index contributed by atoms with van der Waals surface area (Å²) in [7, 11) is 0. The summed E-state index contributed by atoms with van der Waals surface area (Å²) in [5.41, 5.74) is 3.39. The molecule has 7 nitrogen and oxygen atoms in total. The summed E-state index contributed by atoms with van der Waals surface area (Å²) in [6.45, 7) is 6.36. The van der Waals surface area contributed by atoms with Crippen LogP contribution in [0.4, 0.5) is 5.82 Å². The molecule has 0 spiro atoms. The van der Waals surface area contributed by atoms with Gasteiger partial charge in [-0.25, -0.2) is 14.8 Å². The fourth-order valence-corrected chi connectivity index (χ4v) is 4.37. The predicted molar refractivity (Wildman–Crippen MR) is 120 cm³/mol. The molecule has 0 saturated carbocycles. The van der Waals surface area contributed by atoms with E-state index in [1.165, 1.54) is 11.9 Å². The minimum Gasteiger partial charge on any atom is -0.480 e. The first kappa shape index (κ1) is 21.7. The SMILES string of the molecule is CCCC(NC(=O)CCNc1ncnc2sc(C)c(-c3ccc(C)cc3)c12)C(=O)O. The van der Waals surface area contributed by atoms with Crippen molar-refractivity contribution in [3.8, 4) is 11.1 Å². The highest BCUT2D eigenvalue weighted by Gasteiger charge is 2.19. The van der Waals surface area contributed by atoms with E-state index in [1.54, 1.807) is 11.3 Å². The summed E-state index contributed by atoms with van der Waals surface area (Å²) >= 11 is 1.61. The number of aryl methyl sites for hydroxylation is 2. The van der Waals surface area contributed by atoms with Crippen molar-refractivity contribution < 1.29 is 14.7 Å². The standard InChI is InChI=1S/C22H26N4O3S/c1-4-5-16(22(28)29)26-17(27)10-11-23-20-19-18(15-8-6-13(2)7-9-15)14(3)30-21(19)25-12-24-20/h6-9,12,16H,4-5,10-11H2,1-3H3,(H,26,27)(H,28,29)(H,23,24,25). The number of aromatic nitrogens is 2. The maximum atomic E-state index is 12.2. The molecule has 0 radical (unpaired) electrons. The highest BCUT2D eigenvalue weighted by molar-refractivity contribution is 7.19. The fraction of sp³-hybridized carbons (Fsp3) is 0.364. The van der Waals surface area contributed by atoms with Gasteiger partial charge < -0.3 is 15.7 Å². The lowest BCUT2D eigenvalue weighted by molar-refractivity contribution is -0.142. The zero-order chi connectivity index (χ0) is 21.7. The summed E-state index contributed by atoms with van der Waals surface area (Å²) in [4.78, 5) is 34.2. The molecule has 0 fully saturated rings. The van der Waals surface area contributed by atoms with Crippen LogP contribution in [0.3, 0.4) is 0 Å². The van der Waals surface area contributed by atoms with E-state index < -0.39 is 12.0 Å². The Kier molecular flexibility index (Phi) is 6.99. The zero-order valence-corrected chi connectivity index (χ0v) is 18.2. The number of nitrogens with zero attached hydrogens (tertiary/aromatic N) is 2. The van der Waals surface area contributed by atoms with Crippen LogP contribution >= 0.6 is 11.3 Å². The molecular weight excluding hydrogens is 400 g/mol. The van der Waals surface area contributed by atoms with E-state index in [9.17, 15) is 14.7 Å². The molecule has 3 rings (SSSR count). The van der Waals surface area contributed by atoms with E-state index in [0.717, 1.165) is 26.2 Å². The van der Waals surface area contributed by atoms with Crippen molar-refractivity contribution >= 4 is 39.2 Å². The Hall–Kier alpha value is -3.00. The van der Waals surface area contributed by atoms with Gasteiger partial charge in [-0.1, -0.05) is 43.2 Å². The van der Waals surface area contributed by atoms with Crippen LogP contribution in [0.15, 0.2) is 30.6 Å². The summed E-state index contributed by atoms with van der Waals surface area (Å²) in [5.74, 6) is -0.628. The monoisotopic (exact) mass is 426 g/mol. The number of carbonyl (C=O) groups excluding carboxylic acids is 1. The third-order valence-corrected chi connectivity index (χ3v) is 5.87. The average molecular weight is 427 g/mol. The second kappa shape index (κ2) is 9.67. The molecule has 158 valence electrons. The Labute approximate surface area is 179 Å². The smallest absolute Gasteiger partial charge is 0.326 e. The first-order valence-electron chi connectivity index (χ1n) is 9.97. The predicted octanol–water partition coefficient (Wildman–Crippen LogP) is 4.15. The molecule has 2 aromatic heterocycles. The highest BCUT2D eigenvalue weighted by atomic mass is 32.1. The molecule has 0 aliphatic rings. The van der Waals surface area contributed by atoms with Gasteiger partial charge in [-0.3, -0.25) is 4.79 Å². The van der Waals surface area contributed by atoms with Crippen LogP contribution in [-0.2, 0) is 9.59 Å². The minimum atomic E-state index is -1.01. The quantitative estimate of drug-likeness (QED) is 0.475. The zero-order valence-electron chi connectivity index (χ0n) is 17.4. The molecule has 2 heterocycles. The van der Waals surface area contributed by atoms with Crippen molar-refractivity contribution in [1.29, 1.82) is 0 Å². The van der Waals surface area contributed by atoms with E-state index in [4.69, 9.17) is 0 Å². The van der Waals surface area contributed by atoms with E-state index in [0.29, 0.717) is 25.2 Å². The fourth-order valence-electron chi connectivity index (χ4n) is 3.35. The molecule has 3 aromatic rings. The number of carbonyl (C=O) groups is 2. The molecule has 1 amide bonds. The van der Waals surface area contributed by atoms with Crippen molar-refractivity contribution in [2.75, 3.05) is 11.9 Å². The Balaban J connectivity index is 1.76. The maximum absolute atomic E-state index is 12.2. The van der Waals surface area contributed by atoms with Gasteiger partial charge in [0.25, 0.3) is 0 Å². The molecule has 0 bridgehead atoms. The molecule has 0 aliphatic carbocycles. The third kappa shape index (κ3) is 4.94. The van der Waals surface area contributed by atoms with Crippen LogP contribution in [0.2, 0.25) is 0 Å². The normalized spacial score (nSPS) is 12.0. The number of benzene rings is 1. The van der Waals surface area contributed by atoms with Gasteiger partial charge in [0.15, 0.2) is 0 Å². The number of aliphatic carboxylic acids is 1. The van der Waals surface area contributed by atoms with Crippen LogP contribution in [0.5, 0.6) is 0 Å². The summed E-state index contributed by atoms with van der Waals surface area (Å²) < 4.78 is 0. The summed E-state index contributed by atoms with van der Waals surface area (Å²) in [6, 6.07) is 7.49. The summed E-state index contributed by atoms with van der Waals surface area (Å²) in [5, 5.41) is 15.9. The number of anilines is 1.